The first kappa shape index (κ1) is 13.4. The predicted octanol–water partition coefficient (Wildman–Crippen LogP) is 2.56. The number of aryl methyl sites for hydroxylation is 2. The fourth-order valence-electron chi connectivity index (χ4n) is 1.82. The van der Waals surface area contributed by atoms with E-state index in [1.165, 1.54) is 0 Å². The van der Waals surface area contributed by atoms with Crippen LogP contribution in [0.3, 0.4) is 0 Å². The van der Waals surface area contributed by atoms with Gasteiger partial charge in [-0.3, -0.25) is 0 Å². The molecular formula is C13H19NO3. The molecule has 0 heterocycles. The van der Waals surface area contributed by atoms with E-state index in [1.807, 2.05) is 26.0 Å². The van der Waals surface area contributed by atoms with Gasteiger partial charge in [0.25, 0.3) is 0 Å². The highest BCUT2D eigenvalue weighted by atomic mass is 16.5. The van der Waals surface area contributed by atoms with E-state index in [0.717, 1.165) is 22.4 Å². The summed E-state index contributed by atoms with van der Waals surface area (Å²) in [6.45, 7) is 6.55. The third-order valence-corrected chi connectivity index (χ3v) is 2.40. The fraction of sp³-hybridized carbons (Fsp3) is 0.462. The van der Waals surface area contributed by atoms with Crippen molar-refractivity contribution < 1.29 is 14.3 Å². The topological polar surface area (TPSA) is 47.6 Å². The summed E-state index contributed by atoms with van der Waals surface area (Å²) in [6.07, 6.45) is -0.409. The van der Waals surface area contributed by atoms with E-state index in [-0.39, 0.29) is 0 Å². The maximum Gasteiger partial charge on any atom is 0.407 e. The lowest BCUT2D eigenvalue weighted by Gasteiger charge is -2.13. The van der Waals surface area contributed by atoms with Crippen molar-refractivity contribution in [2.75, 3.05) is 13.7 Å². The molecule has 0 aliphatic heterocycles. The van der Waals surface area contributed by atoms with Gasteiger partial charge in [0, 0.05) is 12.1 Å². The smallest absolute Gasteiger partial charge is 0.407 e. The van der Waals surface area contributed by atoms with Gasteiger partial charge in [0.15, 0.2) is 0 Å². The maximum absolute atomic E-state index is 11.2. The fourth-order valence-corrected chi connectivity index (χ4v) is 1.82. The molecule has 1 N–H and O–H groups in total. The molecule has 1 aromatic carbocycles. The average Bonchev–Trinajstić information content (AvgIpc) is 2.26. The zero-order valence-corrected chi connectivity index (χ0v) is 10.8. The molecule has 17 heavy (non-hydrogen) atoms. The minimum Gasteiger partial charge on any atom is -0.496 e. The van der Waals surface area contributed by atoms with Crippen LogP contribution in [0, 0.1) is 13.8 Å². The van der Waals surface area contributed by atoms with E-state index in [1.54, 1.807) is 14.0 Å². The Labute approximate surface area is 102 Å². The van der Waals surface area contributed by atoms with Crippen LogP contribution in [-0.4, -0.2) is 19.8 Å². The number of rotatable bonds is 4. The van der Waals surface area contributed by atoms with Crippen LogP contribution in [-0.2, 0) is 11.3 Å². The Morgan fingerprint density at radius 3 is 2.65 bits per heavy atom. The third kappa shape index (κ3) is 3.66. The second-order valence-electron chi connectivity index (χ2n) is 3.85. The number of amides is 1. The van der Waals surface area contributed by atoms with Gasteiger partial charge in [-0.25, -0.2) is 4.79 Å². The molecule has 1 aromatic rings. The van der Waals surface area contributed by atoms with E-state index >= 15 is 0 Å². The molecule has 0 saturated heterocycles. The summed E-state index contributed by atoms with van der Waals surface area (Å²) in [7, 11) is 1.63. The molecule has 0 bridgehead atoms. The third-order valence-electron chi connectivity index (χ3n) is 2.40. The Bertz CT molecular complexity index is 402. The molecule has 1 rings (SSSR count). The van der Waals surface area contributed by atoms with Crippen molar-refractivity contribution in [2.24, 2.45) is 0 Å². The van der Waals surface area contributed by atoms with Gasteiger partial charge in [-0.15, -0.1) is 0 Å². The highest BCUT2D eigenvalue weighted by molar-refractivity contribution is 5.67. The quantitative estimate of drug-likeness (QED) is 0.875. The molecule has 4 nitrogen and oxygen atoms in total. The molecule has 0 fully saturated rings. The zero-order valence-electron chi connectivity index (χ0n) is 10.8. The van der Waals surface area contributed by atoms with Crippen LogP contribution in [0.15, 0.2) is 12.1 Å². The van der Waals surface area contributed by atoms with Crippen LogP contribution >= 0.6 is 0 Å². The monoisotopic (exact) mass is 237 g/mol. The lowest BCUT2D eigenvalue weighted by molar-refractivity contribution is 0.151. The van der Waals surface area contributed by atoms with Crippen molar-refractivity contribution in [2.45, 2.75) is 27.3 Å². The van der Waals surface area contributed by atoms with Crippen molar-refractivity contribution in [3.05, 3.63) is 28.8 Å². The Morgan fingerprint density at radius 2 is 2.06 bits per heavy atom. The number of benzene rings is 1. The highest BCUT2D eigenvalue weighted by Crippen LogP contribution is 2.24. The maximum atomic E-state index is 11.2. The number of carbonyl (C=O) groups is 1. The van der Waals surface area contributed by atoms with Gasteiger partial charge >= 0.3 is 6.09 Å². The number of alkyl carbamates (subject to hydrolysis) is 1. The molecule has 0 radical (unpaired) electrons. The van der Waals surface area contributed by atoms with Gasteiger partial charge in [0.2, 0.25) is 0 Å². The molecule has 94 valence electrons. The minimum atomic E-state index is -0.409. The first-order chi connectivity index (χ1) is 8.08. The van der Waals surface area contributed by atoms with Crippen LogP contribution in [0.4, 0.5) is 4.79 Å². The Hall–Kier alpha value is -1.71. The van der Waals surface area contributed by atoms with Gasteiger partial charge in [-0.2, -0.15) is 0 Å². The van der Waals surface area contributed by atoms with E-state index in [4.69, 9.17) is 9.47 Å². The van der Waals surface area contributed by atoms with E-state index in [0.29, 0.717) is 13.2 Å². The van der Waals surface area contributed by atoms with Crippen molar-refractivity contribution >= 4 is 6.09 Å². The first-order valence-electron chi connectivity index (χ1n) is 5.63. The molecule has 0 saturated carbocycles. The molecular weight excluding hydrogens is 218 g/mol. The molecule has 0 aliphatic carbocycles. The second-order valence-corrected chi connectivity index (χ2v) is 3.85. The largest absolute Gasteiger partial charge is 0.496 e. The molecule has 1 amide bonds. The second kappa shape index (κ2) is 6.13. The predicted molar refractivity (Wildman–Crippen MR) is 66.3 cm³/mol. The summed E-state index contributed by atoms with van der Waals surface area (Å²) in [4.78, 5) is 11.2. The number of carbonyl (C=O) groups excluding carboxylic acids is 1. The summed E-state index contributed by atoms with van der Waals surface area (Å²) in [5.74, 6) is 0.812. The van der Waals surface area contributed by atoms with E-state index < -0.39 is 6.09 Å². The van der Waals surface area contributed by atoms with Crippen molar-refractivity contribution in [3.63, 3.8) is 0 Å². The van der Waals surface area contributed by atoms with Gasteiger partial charge < -0.3 is 14.8 Å². The summed E-state index contributed by atoms with van der Waals surface area (Å²) in [5, 5.41) is 2.69. The van der Waals surface area contributed by atoms with Gasteiger partial charge in [0.05, 0.1) is 13.7 Å². The molecule has 0 aromatic heterocycles. The standard InChI is InChI=1S/C13H19NO3/c1-5-17-13(15)14-8-11-7-9(2)6-10(3)12(11)16-4/h6-7H,5,8H2,1-4H3,(H,14,15). The van der Waals surface area contributed by atoms with Crippen LogP contribution in [0.25, 0.3) is 0 Å². The Kier molecular flexibility index (Phi) is 4.82. The Balaban J connectivity index is 2.79. The van der Waals surface area contributed by atoms with Gasteiger partial charge in [-0.05, 0) is 26.3 Å². The average molecular weight is 237 g/mol. The van der Waals surface area contributed by atoms with Crippen molar-refractivity contribution in [1.29, 1.82) is 0 Å². The lowest BCUT2D eigenvalue weighted by atomic mass is 10.1. The van der Waals surface area contributed by atoms with E-state index in [2.05, 4.69) is 5.32 Å². The van der Waals surface area contributed by atoms with Crippen LogP contribution in [0.1, 0.15) is 23.6 Å². The molecule has 4 heteroatoms. The normalized spacial score (nSPS) is 9.88. The van der Waals surface area contributed by atoms with Crippen LogP contribution in [0.2, 0.25) is 0 Å². The van der Waals surface area contributed by atoms with Crippen LogP contribution in [0.5, 0.6) is 5.75 Å². The number of hydrogen-bond acceptors (Lipinski definition) is 3. The zero-order chi connectivity index (χ0) is 12.8. The van der Waals surface area contributed by atoms with Crippen LogP contribution < -0.4 is 10.1 Å². The van der Waals surface area contributed by atoms with Crippen molar-refractivity contribution in [3.8, 4) is 5.75 Å². The lowest BCUT2D eigenvalue weighted by Crippen LogP contribution is -2.24. The minimum absolute atomic E-state index is 0.371. The first-order valence-corrected chi connectivity index (χ1v) is 5.63. The molecule has 0 aliphatic rings. The van der Waals surface area contributed by atoms with E-state index in [9.17, 15) is 4.79 Å². The van der Waals surface area contributed by atoms with Crippen molar-refractivity contribution in [1.82, 2.24) is 5.32 Å². The number of hydrogen-bond donors (Lipinski definition) is 1. The SMILES string of the molecule is CCOC(=O)NCc1cc(C)cc(C)c1OC. The summed E-state index contributed by atoms with van der Waals surface area (Å²) < 4.78 is 10.1. The van der Waals surface area contributed by atoms with Gasteiger partial charge in [0.1, 0.15) is 5.75 Å². The summed E-state index contributed by atoms with van der Waals surface area (Å²) >= 11 is 0. The number of ether oxygens (including phenoxy) is 2. The molecule has 0 spiro atoms. The summed E-state index contributed by atoms with van der Waals surface area (Å²) in [6, 6.07) is 4.05. The highest BCUT2D eigenvalue weighted by Gasteiger charge is 2.09. The Morgan fingerprint density at radius 1 is 1.35 bits per heavy atom. The van der Waals surface area contributed by atoms with Gasteiger partial charge in [-0.1, -0.05) is 17.7 Å². The summed E-state index contributed by atoms with van der Waals surface area (Å²) in [5.41, 5.74) is 3.16. The molecule has 0 unspecified atom stereocenters. The molecule has 0 atom stereocenters. The number of methoxy groups -OCH3 is 1. The number of nitrogens with one attached hydrogen (secondary N) is 1.